The monoisotopic (exact) mass is 286 g/mol. The van der Waals surface area contributed by atoms with Gasteiger partial charge >= 0.3 is 0 Å². The molecule has 1 atom stereocenters. The smallest absolute Gasteiger partial charge is 0.0494 e. The fourth-order valence-electron chi connectivity index (χ4n) is 2.67. The number of rotatable bonds is 4. The average Bonchev–Trinajstić information content (AvgIpc) is 2.74. The summed E-state index contributed by atoms with van der Waals surface area (Å²) in [4.78, 5) is 4.67. The highest BCUT2D eigenvalue weighted by Gasteiger charge is 2.21. The van der Waals surface area contributed by atoms with Crippen LogP contribution in [0.1, 0.15) is 12.0 Å². The van der Waals surface area contributed by atoms with Crippen molar-refractivity contribution >= 4 is 28.9 Å². The molecular weight excluding hydrogens is 267 g/mol. The first-order chi connectivity index (χ1) is 8.60. The van der Waals surface area contributed by atoms with Crippen molar-refractivity contribution in [3.8, 4) is 0 Å². The normalized spacial score (nSPS) is 20.3. The van der Waals surface area contributed by atoms with Crippen molar-refractivity contribution in [2.24, 2.45) is 5.92 Å². The molecule has 0 N–H and O–H groups in total. The summed E-state index contributed by atoms with van der Waals surface area (Å²) in [6, 6.07) is 5.93. The first-order valence-corrected chi connectivity index (χ1v) is 7.25. The number of benzene rings is 1. The zero-order chi connectivity index (χ0) is 13.1. The first kappa shape index (κ1) is 14.0. The summed E-state index contributed by atoms with van der Waals surface area (Å²) in [5.74, 6) is 1.27. The van der Waals surface area contributed by atoms with Gasteiger partial charge in [-0.1, -0.05) is 17.7 Å². The highest BCUT2D eigenvalue weighted by atomic mass is 35.5. The van der Waals surface area contributed by atoms with Crippen LogP contribution in [0.3, 0.4) is 0 Å². The molecule has 0 radical (unpaired) electrons. The lowest BCUT2D eigenvalue weighted by Crippen LogP contribution is -2.27. The van der Waals surface area contributed by atoms with Crippen molar-refractivity contribution in [1.82, 2.24) is 4.90 Å². The molecule has 0 bridgehead atoms. The van der Waals surface area contributed by atoms with Crippen LogP contribution in [-0.4, -0.2) is 38.6 Å². The van der Waals surface area contributed by atoms with Crippen molar-refractivity contribution in [3.05, 3.63) is 28.8 Å². The predicted octanol–water partition coefficient (Wildman–Crippen LogP) is 3.47. The van der Waals surface area contributed by atoms with Crippen LogP contribution in [0, 0.1) is 5.92 Å². The molecule has 1 aliphatic heterocycles. The molecule has 1 aromatic rings. The van der Waals surface area contributed by atoms with E-state index in [0.717, 1.165) is 28.7 Å². The van der Waals surface area contributed by atoms with E-state index in [9.17, 15) is 0 Å². The molecule has 0 aliphatic carbocycles. The van der Waals surface area contributed by atoms with Crippen LogP contribution >= 0.6 is 23.2 Å². The van der Waals surface area contributed by atoms with Crippen LogP contribution in [0.5, 0.6) is 0 Å². The largest absolute Gasteiger partial charge is 0.374 e. The molecule has 2 rings (SSSR count). The minimum absolute atomic E-state index is 0.529. The second kappa shape index (κ2) is 6.14. The van der Waals surface area contributed by atoms with E-state index in [0.29, 0.717) is 5.88 Å². The Hall–Kier alpha value is -0.440. The zero-order valence-electron chi connectivity index (χ0n) is 11.0. The van der Waals surface area contributed by atoms with Gasteiger partial charge in [0.15, 0.2) is 0 Å². The first-order valence-electron chi connectivity index (χ1n) is 6.34. The number of anilines is 1. The fraction of sp³-hybridized carbons (Fsp3) is 0.571. The van der Waals surface area contributed by atoms with Crippen molar-refractivity contribution < 1.29 is 0 Å². The van der Waals surface area contributed by atoms with E-state index >= 15 is 0 Å². The van der Waals surface area contributed by atoms with Gasteiger partial charge in [-0.05, 0) is 43.6 Å². The molecule has 0 aromatic heterocycles. The van der Waals surface area contributed by atoms with E-state index in [4.69, 9.17) is 23.2 Å². The van der Waals surface area contributed by atoms with Gasteiger partial charge in [0.25, 0.3) is 0 Å². The molecule has 0 amide bonds. The molecule has 18 heavy (non-hydrogen) atoms. The van der Waals surface area contributed by atoms with Gasteiger partial charge < -0.3 is 9.80 Å². The standard InChI is InChI=1S/C14H20Cl2N2/c1-17-6-5-11(9-17)10-18(2)14-7-13(16)4-3-12(14)8-15/h3-4,7,11H,5-6,8-10H2,1-2H3. The molecule has 1 aliphatic rings. The van der Waals surface area contributed by atoms with E-state index in [-0.39, 0.29) is 0 Å². The second-order valence-electron chi connectivity index (χ2n) is 5.20. The SMILES string of the molecule is CN1CCC(CN(C)c2cc(Cl)ccc2CCl)C1. The number of halogens is 2. The van der Waals surface area contributed by atoms with Crippen molar-refractivity contribution in [3.63, 3.8) is 0 Å². The molecule has 1 unspecified atom stereocenters. The second-order valence-corrected chi connectivity index (χ2v) is 5.91. The van der Waals surface area contributed by atoms with E-state index in [2.05, 4.69) is 23.9 Å². The van der Waals surface area contributed by atoms with Crippen LogP contribution in [0.2, 0.25) is 5.02 Å². The maximum atomic E-state index is 6.08. The Morgan fingerprint density at radius 3 is 2.83 bits per heavy atom. The quantitative estimate of drug-likeness (QED) is 0.782. The zero-order valence-corrected chi connectivity index (χ0v) is 12.5. The Morgan fingerprint density at radius 2 is 2.22 bits per heavy atom. The third kappa shape index (κ3) is 3.31. The molecule has 1 fully saturated rings. The van der Waals surface area contributed by atoms with Gasteiger partial charge in [-0.3, -0.25) is 0 Å². The third-order valence-corrected chi connectivity index (χ3v) is 4.15. The Labute approximate surface area is 119 Å². The highest BCUT2D eigenvalue weighted by Crippen LogP contribution is 2.27. The number of hydrogen-bond donors (Lipinski definition) is 0. The van der Waals surface area contributed by atoms with Gasteiger partial charge in [0.05, 0.1) is 0 Å². The van der Waals surface area contributed by atoms with Crippen LogP contribution in [-0.2, 0) is 5.88 Å². The summed E-state index contributed by atoms with van der Waals surface area (Å²) in [5, 5.41) is 0.772. The maximum Gasteiger partial charge on any atom is 0.0494 e. The summed E-state index contributed by atoms with van der Waals surface area (Å²) in [6.07, 6.45) is 1.28. The molecule has 1 aromatic carbocycles. The Morgan fingerprint density at radius 1 is 1.44 bits per heavy atom. The average molecular weight is 287 g/mol. The van der Waals surface area contributed by atoms with Gasteiger partial charge in [-0.2, -0.15) is 0 Å². The van der Waals surface area contributed by atoms with Gasteiger partial charge in [-0.15, -0.1) is 11.6 Å². The van der Waals surface area contributed by atoms with Crippen molar-refractivity contribution in [2.75, 3.05) is 38.6 Å². The van der Waals surface area contributed by atoms with Gasteiger partial charge in [0, 0.05) is 36.7 Å². The Balaban J connectivity index is 2.08. The topological polar surface area (TPSA) is 6.48 Å². The lowest BCUT2D eigenvalue weighted by molar-refractivity contribution is 0.396. The molecule has 0 spiro atoms. The maximum absolute atomic E-state index is 6.08. The molecule has 0 saturated carbocycles. The van der Waals surface area contributed by atoms with Crippen molar-refractivity contribution in [1.29, 1.82) is 0 Å². The van der Waals surface area contributed by atoms with E-state index in [1.807, 2.05) is 18.2 Å². The van der Waals surface area contributed by atoms with E-state index < -0.39 is 0 Å². The predicted molar refractivity (Wildman–Crippen MR) is 79.9 cm³/mol. The van der Waals surface area contributed by atoms with Gasteiger partial charge in [-0.25, -0.2) is 0 Å². The number of alkyl halides is 1. The lowest BCUT2D eigenvalue weighted by atomic mass is 10.1. The summed E-state index contributed by atoms with van der Waals surface area (Å²) in [6.45, 7) is 3.45. The molecule has 1 saturated heterocycles. The molecule has 4 heteroatoms. The Bertz CT molecular complexity index is 409. The number of hydrogen-bond acceptors (Lipinski definition) is 2. The van der Waals surface area contributed by atoms with E-state index in [1.165, 1.54) is 19.5 Å². The lowest BCUT2D eigenvalue weighted by Gasteiger charge is -2.25. The molecule has 1 heterocycles. The van der Waals surface area contributed by atoms with Crippen LogP contribution < -0.4 is 4.90 Å². The summed E-state index contributed by atoms with van der Waals surface area (Å²) in [5.41, 5.74) is 2.31. The van der Waals surface area contributed by atoms with Gasteiger partial charge in [0.2, 0.25) is 0 Å². The van der Waals surface area contributed by atoms with Crippen LogP contribution in [0.4, 0.5) is 5.69 Å². The fourth-order valence-corrected chi connectivity index (χ4v) is 3.06. The van der Waals surface area contributed by atoms with Gasteiger partial charge in [0.1, 0.15) is 0 Å². The molecule has 2 nitrogen and oxygen atoms in total. The van der Waals surface area contributed by atoms with E-state index in [1.54, 1.807) is 0 Å². The summed E-state index contributed by atoms with van der Waals surface area (Å²) < 4.78 is 0. The molecule has 100 valence electrons. The number of nitrogens with zero attached hydrogens (tertiary/aromatic N) is 2. The summed E-state index contributed by atoms with van der Waals surface area (Å²) >= 11 is 12.1. The number of likely N-dealkylation sites (tertiary alicyclic amines) is 1. The van der Waals surface area contributed by atoms with Crippen molar-refractivity contribution in [2.45, 2.75) is 12.3 Å². The van der Waals surface area contributed by atoms with Crippen LogP contribution in [0.15, 0.2) is 18.2 Å². The highest BCUT2D eigenvalue weighted by molar-refractivity contribution is 6.31. The minimum Gasteiger partial charge on any atom is -0.374 e. The molecular formula is C14H20Cl2N2. The minimum atomic E-state index is 0.529. The summed E-state index contributed by atoms with van der Waals surface area (Å²) in [7, 11) is 4.31. The Kier molecular flexibility index (Phi) is 4.77. The third-order valence-electron chi connectivity index (χ3n) is 3.62. The van der Waals surface area contributed by atoms with Crippen LogP contribution in [0.25, 0.3) is 0 Å².